The van der Waals surface area contributed by atoms with E-state index in [2.05, 4.69) is 56.6 Å². The van der Waals surface area contributed by atoms with Crippen molar-refractivity contribution in [3.63, 3.8) is 0 Å². The average Bonchev–Trinajstić information content (AvgIpc) is 2.45. The highest BCUT2D eigenvalue weighted by Gasteiger charge is 2.61. The molecule has 2 aliphatic heterocycles. The fourth-order valence-electron chi connectivity index (χ4n) is 3.82. The predicted octanol–water partition coefficient (Wildman–Crippen LogP) is 1.04. The molecule has 2 aliphatic rings. The molecule has 2 atom stereocenters. The summed E-state index contributed by atoms with van der Waals surface area (Å²) in [7, 11) is 2.18. The van der Waals surface area contributed by atoms with E-state index in [0.717, 1.165) is 6.54 Å². The van der Waals surface area contributed by atoms with Gasteiger partial charge in [0.15, 0.2) is 0 Å². The number of nitrogens with zero attached hydrogens (tertiary/aromatic N) is 3. The SMILES string of the molecule is CC1CN(C)C(C)(C)C1(C)C1(C)C=NC(N)(N)N=C1. The average molecular weight is 265 g/mol. The van der Waals surface area contributed by atoms with Gasteiger partial charge in [-0.2, -0.15) is 0 Å². The molecule has 108 valence electrons. The highest BCUT2D eigenvalue weighted by molar-refractivity contribution is 5.92. The van der Waals surface area contributed by atoms with Crippen LogP contribution in [0.2, 0.25) is 0 Å². The van der Waals surface area contributed by atoms with Gasteiger partial charge in [-0.25, -0.2) is 9.98 Å². The second-order valence-electron chi connectivity index (χ2n) is 7.13. The minimum Gasteiger partial charge on any atom is -0.300 e. The molecule has 2 rings (SSSR count). The lowest BCUT2D eigenvalue weighted by atomic mass is 9.54. The van der Waals surface area contributed by atoms with Crippen molar-refractivity contribution in [1.82, 2.24) is 4.90 Å². The number of likely N-dealkylation sites (tertiary alicyclic amines) is 1. The normalized spacial score (nSPS) is 39.7. The summed E-state index contributed by atoms with van der Waals surface area (Å²) in [5.74, 6) is -0.772. The Morgan fingerprint density at radius 3 is 1.95 bits per heavy atom. The molecule has 2 unspecified atom stereocenters. The minimum absolute atomic E-state index is 0.0122. The molecule has 0 aliphatic carbocycles. The maximum Gasteiger partial charge on any atom is 0.258 e. The minimum atomic E-state index is -1.30. The lowest BCUT2D eigenvalue weighted by Crippen LogP contribution is -2.59. The van der Waals surface area contributed by atoms with E-state index >= 15 is 0 Å². The van der Waals surface area contributed by atoms with Crippen molar-refractivity contribution in [2.24, 2.45) is 38.2 Å². The lowest BCUT2D eigenvalue weighted by Gasteiger charge is -2.52. The van der Waals surface area contributed by atoms with Crippen LogP contribution in [0.15, 0.2) is 9.98 Å². The van der Waals surface area contributed by atoms with Crippen molar-refractivity contribution in [3.8, 4) is 0 Å². The third kappa shape index (κ3) is 1.79. The van der Waals surface area contributed by atoms with Crippen LogP contribution in [0.5, 0.6) is 0 Å². The number of nitrogens with two attached hydrogens (primary N) is 2. The Morgan fingerprint density at radius 2 is 1.58 bits per heavy atom. The summed E-state index contributed by atoms with van der Waals surface area (Å²) in [4.78, 5) is 10.9. The Hall–Kier alpha value is -0.780. The fraction of sp³-hybridized carbons (Fsp3) is 0.857. The van der Waals surface area contributed by atoms with Crippen molar-refractivity contribution in [1.29, 1.82) is 0 Å². The van der Waals surface area contributed by atoms with E-state index in [4.69, 9.17) is 11.5 Å². The molecule has 0 amide bonds. The van der Waals surface area contributed by atoms with Crippen molar-refractivity contribution >= 4 is 12.4 Å². The maximum atomic E-state index is 5.74. The van der Waals surface area contributed by atoms with E-state index in [9.17, 15) is 0 Å². The van der Waals surface area contributed by atoms with Crippen LogP contribution in [0.4, 0.5) is 0 Å². The zero-order chi connectivity index (χ0) is 14.7. The molecule has 1 saturated heterocycles. The first-order valence-electron chi connectivity index (χ1n) is 6.88. The monoisotopic (exact) mass is 265 g/mol. The highest BCUT2D eigenvalue weighted by atomic mass is 15.3. The van der Waals surface area contributed by atoms with Crippen LogP contribution in [0.1, 0.15) is 34.6 Å². The quantitative estimate of drug-likeness (QED) is 0.695. The van der Waals surface area contributed by atoms with Crippen LogP contribution in [0.25, 0.3) is 0 Å². The van der Waals surface area contributed by atoms with Gasteiger partial charge in [-0.15, -0.1) is 0 Å². The van der Waals surface area contributed by atoms with Gasteiger partial charge in [-0.1, -0.05) is 13.8 Å². The summed E-state index contributed by atoms with van der Waals surface area (Å²) < 4.78 is 0. The molecule has 4 N–H and O–H groups in total. The molecule has 19 heavy (non-hydrogen) atoms. The number of hydrogen-bond acceptors (Lipinski definition) is 5. The van der Waals surface area contributed by atoms with Gasteiger partial charge in [-0.05, 0) is 33.7 Å². The van der Waals surface area contributed by atoms with Crippen LogP contribution < -0.4 is 11.5 Å². The molecular weight excluding hydrogens is 238 g/mol. The van der Waals surface area contributed by atoms with Crippen LogP contribution in [0, 0.1) is 16.7 Å². The molecule has 0 aromatic rings. The summed E-state index contributed by atoms with van der Waals surface area (Å²) in [6.45, 7) is 12.4. The van der Waals surface area contributed by atoms with E-state index in [1.165, 1.54) is 0 Å². The first kappa shape index (κ1) is 14.6. The van der Waals surface area contributed by atoms with Gasteiger partial charge in [0.2, 0.25) is 0 Å². The van der Waals surface area contributed by atoms with Gasteiger partial charge in [0.1, 0.15) is 0 Å². The number of rotatable bonds is 1. The van der Waals surface area contributed by atoms with E-state index in [-0.39, 0.29) is 16.4 Å². The third-order valence-electron chi connectivity index (χ3n) is 5.96. The zero-order valence-corrected chi connectivity index (χ0v) is 12.9. The first-order chi connectivity index (χ1) is 8.46. The van der Waals surface area contributed by atoms with Crippen LogP contribution in [-0.2, 0) is 0 Å². The molecule has 0 saturated carbocycles. The summed E-state index contributed by atoms with van der Waals surface area (Å²) in [5, 5.41) is 0. The van der Waals surface area contributed by atoms with Crippen molar-refractivity contribution in [3.05, 3.63) is 0 Å². The van der Waals surface area contributed by atoms with E-state index in [1.807, 2.05) is 12.4 Å². The van der Waals surface area contributed by atoms with Gasteiger partial charge in [-0.3, -0.25) is 11.5 Å². The van der Waals surface area contributed by atoms with Gasteiger partial charge < -0.3 is 4.90 Å². The van der Waals surface area contributed by atoms with E-state index < -0.39 is 5.91 Å². The van der Waals surface area contributed by atoms with Crippen molar-refractivity contribution in [2.75, 3.05) is 13.6 Å². The molecule has 0 spiro atoms. The molecule has 0 bridgehead atoms. The highest BCUT2D eigenvalue weighted by Crippen LogP contribution is 2.57. The Labute approximate surface area is 116 Å². The second-order valence-corrected chi connectivity index (χ2v) is 7.13. The Kier molecular flexibility index (Phi) is 2.98. The number of aliphatic imine (C=N–C) groups is 2. The maximum absolute atomic E-state index is 5.74. The molecule has 0 aromatic heterocycles. The predicted molar refractivity (Wildman–Crippen MR) is 80.2 cm³/mol. The first-order valence-corrected chi connectivity index (χ1v) is 6.88. The smallest absolute Gasteiger partial charge is 0.258 e. The summed E-state index contributed by atoms with van der Waals surface area (Å²) in [6, 6.07) is 0. The summed E-state index contributed by atoms with van der Waals surface area (Å²) in [5.41, 5.74) is 11.3. The molecule has 2 heterocycles. The van der Waals surface area contributed by atoms with Gasteiger partial charge in [0.05, 0.1) is 0 Å². The largest absolute Gasteiger partial charge is 0.300 e. The molecular formula is C14H27N5. The van der Waals surface area contributed by atoms with Crippen LogP contribution in [-0.4, -0.2) is 42.4 Å². The van der Waals surface area contributed by atoms with Crippen LogP contribution in [0.3, 0.4) is 0 Å². The molecule has 0 radical (unpaired) electrons. The zero-order valence-electron chi connectivity index (χ0n) is 12.9. The van der Waals surface area contributed by atoms with Gasteiger partial charge in [0, 0.05) is 35.3 Å². The fourth-order valence-corrected chi connectivity index (χ4v) is 3.82. The van der Waals surface area contributed by atoms with Crippen molar-refractivity contribution in [2.45, 2.75) is 46.1 Å². The second kappa shape index (κ2) is 3.87. The van der Waals surface area contributed by atoms with Gasteiger partial charge >= 0.3 is 0 Å². The summed E-state index contributed by atoms with van der Waals surface area (Å²) >= 11 is 0. The Balaban J connectivity index is 2.49. The molecule has 1 fully saturated rings. The lowest BCUT2D eigenvalue weighted by molar-refractivity contribution is 0.0368. The Bertz CT molecular complexity index is 421. The number of hydrogen-bond donors (Lipinski definition) is 2. The third-order valence-corrected chi connectivity index (χ3v) is 5.96. The van der Waals surface area contributed by atoms with Gasteiger partial charge in [0.25, 0.3) is 5.91 Å². The molecule has 0 aromatic carbocycles. The van der Waals surface area contributed by atoms with Crippen LogP contribution >= 0.6 is 0 Å². The van der Waals surface area contributed by atoms with E-state index in [0.29, 0.717) is 5.92 Å². The molecule has 5 nitrogen and oxygen atoms in total. The standard InChI is InChI=1S/C14H27N5/c1-10-7-19(6)11(2,3)13(10,5)12(4)8-17-14(15,16)18-9-12/h8-10H,7,15-16H2,1-6H3. The van der Waals surface area contributed by atoms with Crippen molar-refractivity contribution < 1.29 is 0 Å². The molecule has 5 heteroatoms. The summed E-state index contributed by atoms with van der Waals surface area (Å²) in [6.07, 6.45) is 3.80. The Morgan fingerprint density at radius 1 is 1.11 bits per heavy atom. The topological polar surface area (TPSA) is 80.0 Å². The van der Waals surface area contributed by atoms with E-state index in [1.54, 1.807) is 0 Å².